The molecule has 4 heteroatoms. The number of rotatable bonds is 2. The van der Waals surface area contributed by atoms with Crippen molar-refractivity contribution >= 4 is 0 Å². The lowest BCUT2D eigenvalue weighted by atomic mass is 9.79. The van der Waals surface area contributed by atoms with Crippen LogP contribution in [-0.2, 0) is 6.54 Å². The van der Waals surface area contributed by atoms with E-state index in [9.17, 15) is 0 Å². The standard InChI is InChI=1S/C17H24N2O2/c1-2-6-17(7-3-1)12-18-8-9-19(17)11-14-4-5-15-16(10-14)21-13-20-15/h4-5,10,18H,1-3,6-9,11-13H2. The molecule has 0 atom stereocenters. The Balaban J connectivity index is 1.54. The summed E-state index contributed by atoms with van der Waals surface area (Å²) in [5.41, 5.74) is 1.72. The minimum atomic E-state index is 0.357. The van der Waals surface area contributed by atoms with Crippen LogP contribution in [0.25, 0.3) is 0 Å². The van der Waals surface area contributed by atoms with Crippen molar-refractivity contribution in [3.05, 3.63) is 23.8 Å². The number of fused-ring (bicyclic) bond motifs is 1. The summed E-state index contributed by atoms with van der Waals surface area (Å²) >= 11 is 0. The maximum absolute atomic E-state index is 5.51. The van der Waals surface area contributed by atoms with Crippen molar-refractivity contribution in [3.63, 3.8) is 0 Å². The van der Waals surface area contributed by atoms with Crippen LogP contribution < -0.4 is 14.8 Å². The Labute approximate surface area is 126 Å². The highest BCUT2D eigenvalue weighted by atomic mass is 16.7. The molecule has 114 valence electrons. The summed E-state index contributed by atoms with van der Waals surface area (Å²) in [6.07, 6.45) is 6.83. The molecule has 0 amide bonds. The Morgan fingerprint density at radius 1 is 1.10 bits per heavy atom. The summed E-state index contributed by atoms with van der Waals surface area (Å²) in [5, 5.41) is 3.62. The van der Waals surface area contributed by atoms with Gasteiger partial charge in [-0.15, -0.1) is 0 Å². The molecule has 2 heterocycles. The molecule has 1 aromatic carbocycles. The van der Waals surface area contributed by atoms with Crippen LogP contribution in [0.2, 0.25) is 0 Å². The molecular weight excluding hydrogens is 264 g/mol. The van der Waals surface area contributed by atoms with Gasteiger partial charge in [0.2, 0.25) is 6.79 Å². The number of ether oxygens (including phenoxy) is 2. The number of piperazine rings is 1. The third-order valence-electron chi connectivity index (χ3n) is 5.28. The van der Waals surface area contributed by atoms with Crippen LogP contribution in [0.3, 0.4) is 0 Å². The van der Waals surface area contributed by atoms with E-state index < -0.39 is 0 Å². The van der Waals surface area contributed by atoms with E-state index in [-0.39, 0.29) is 0 Å². The summed E-state index contributed by atoms with van der Waals surface area (Å²) < 4.78 is 10.9. The maximum Gasteiger partial charge on any atom is 0.231 e. The lowest BCUT2D eigenvalue weighted by molar-refractivity contribution is 0.0208. The number of nitrogens with zero attached hydrogens (tertiary/aromatic N) is 1. The molecule has 2 aliphatic heterocycles. The summed E-state index contributed by atoms with van der Waals surface area (Å²) in [4.78, 5) is 2.71. The van der Waals surface area contributed by atoms with Gasteiger partial charge in [-0.05, 0) is 30.5 Å². The van der Waals surface area contributed by atoms with E-state index in [0.29, 0.717) is 12.3 Å². The van der Waals surface area contributed by atoms with Crippen LogP contribution in [0.15, 0.2) is 18.2 Å². The van der Waals surface area contributed by atoms with Gasteiger partial charge in [0, 0.05) is 31.7 Å². The van der Waals surface area contributed by atoms with Crippen LogP contribution in [0.5, 0.6) is 11.5 Å². The average Bonchev–Trinajstić information content (AvgIpc) is 2.98. The Hall–Kier alpha value is -1.26. The van der Waals surface area contributed by atoms with Crippen molar-refractivity contribution < 1.29 is 9.47 Å². The molecule has 1 aromatic rings. The Morgan fingerprint density at radius 2 is 1.95 bits per heavy atom. The van der Waals surface area contributed by atoms with Crippen molar-refractivity contribution in [1.29, 1.82) is 0 Å². The number of benzene rings is 1. The smallest absolute Gasteiger partial charge is 0.231 e. The SMILES string of the molecule is c1cc2c(cc1CN1CCNCC13CCCCC3)OCO2. The molecule has 4 nitrogen and oxygen atoms in total. The van der Waals surface area contributed by atoms with Gasteiger partial charge in [-0.1, -0.05) is 25.3 Å². The van der Waals surface area contributed by atoms with E-state index in [0.717, 1.165) is 37.7 Å². The topological polar surface area (TPSA) is 33.7 Å². The van der Waals surface area contributed by atoms with E-state index in [1.165, 1.54) is 37.7 Å². The van der Waals surface area contributed by atoms with Crippen molar-refractivity contribution in [2.24, 2.45) is 0 Å². The Kier molecular flexibility index (Phi) is 3.51. The fraction of sp³-hybridized carbons (Fsp3) is 0.647. The van der Waals surface area contributed by atoms with Gasteiger partial charge in [-0.2, -0.15) is 0 Å². The fourth-order valence-corrected chi connectivity index (χ4v) is 4.09. The quantitative estimate of drug-likeness (QED) is 0.906. The average molecular weight is 288 g/mol. The van der Waals surface area contributed by atoms with Crippen molar-refractivity contribution in [2.75, 3.05) is 26.4 Å². The third-order valence-corrected chi connectivity index (χ3v) is 5.28. The zero-order chi connectivity index (χ0) is 14.1. The van der Waals surface area contributed by atoms with E-state index in [2.05, 4.69) is 22.3 Å². The van der Waals surface area contributed by atoms with Crippen molar-refractivity contribution in [2.45, 2.75) is 44.2 Å². The van der Waals surface area contributed by atoms with Gasteiger partial charge in [0.05, 0.1) is 0 Å². The second kappa shape index (κ2) is 5.50. The summed E-state index contributed by atoms with van der Waals surface area (Å²) in [6.45, 7) is 4.78. The van der Waals surface area contributed by atoms with E-state index in [4.69, 9.17) is 9.47 Å². The third kappa shape index (κ3) is 2.51. The molecular formula is C17H24N2O2. The first-order chi connectivity index (χ1) is 10.4. The molecule has 0 unspecified atom stereocenters. The van der Waals surface area contributed by atoms with Crippen molar-refractivity contribution in [3.8, 4) is 11.5 Å². The first kappa shape index (κ1) is 13.4. The molecule has 1 spiro atoms. The summed E-state index contributed by atoms with van der Waals surface area (Å²) in [7, 11) is 0. The first-order valence-corrected chi connectivity index (χ1v) is 8.20. The monoisotopic (exact) mass is 288 g/mol. The van der Waals surface area contributed by atoms with Crippen LogP contribution in [0.1, 0.15) is 37.7 Å². The van der Waals surface area contributed by atoms with Crippen LogP contribution in [0, 0.1) is 0 Å². The highest BCUT2D eigenvalue weighted by Gasteiger charge is 2.39. The second-order valence-corrected chi connectivity index (χ2v) is 6.57. The zero-order valence-electron chi connectivity index (χ0n) is 12.6. The number of hydrogen-bond acceptors (Lipinski definition) is 4. The first-order valence-electron chi connectivity index (χ1n) is 8.20. The minimum absolute atomic E-state index is 0.357. The van der Waals surface area contributed by atoms with Gasteiger partial charge >= 0.3 is 0 Å². The molecule has 3 aliphatic rings. The predicted molar refractivity (Wildman–Crippen MR) is 81.7 cm³/mol. The highest BCUT2D eigenvalue weighted by molar-refractivity contribution is 5.44. The fourth-order valence-electron chi connectivity index (χ4n) is 4.09. The Morgan fingerprint density at radius 3 is 2.86 bits per heavy atom. The molecule has 2 fully saturated rings. The zero-order valence-corrected chi connectivity index (χ0v) is 12.6. The minimum Gasteiger partial charge on any atom is -0.454 e. The molecule has 0 aromatic heterocycles. The van der Waals surface area contributed by atoms with Gasteiger partial charge in [0.15, 0.2) is 11.5 Å². The molecule has 1 N–H and O–H groups in total. The molecule has 21 heavy (non-hydrogen) atoms. The molecule has 0 radical (unpaired) electrons. The number of hydrogen-bond donors (Lipinski definition) is 1. The lowest BCUT2D eigenvalue weighted by Gasteiger charge is -2.50. The molecule has 1 saturated heterocycles. The second-order valence-electron chi connectivity index (χ2n) is 6.57. The molecule has 1 saturated carbocycles. The Bertz CT molecular complexity index is 503. The maximum atomic E-state index is 5.51. The summed E-state index contributed by atoms with van der Waals surface area (Å²) in [5.74, 6) is 1.78. The van der Waals surface area contributed by atoms with Crippen LogP contribution in [0.4, 0.5) is 0 Å². The molecule has 4 rings (SSSR count). The van der Waals surface area contributed by atoms with Crippen LogP contribution in [-0.4, -0.2) is 36.9 Å². The van der Waals surface area contributed by atoms with Gasteiger partial charge in [0.1, 0.15) is 0 Å². The van der Waals surface area contributed by atoms with Crippen molar-refractivity contribution in [1.82, 2.24) is 10.2 Å². The van der Waals surface area contributed by atoms with E-state index in [1.54, 1.807) is 0 Å². The molecule has 0 bridgehead atoms. The molecule has 1 aliphatic carbocycles. The van der Waals surface area contributed by atoms with Gasteiger partial charge < -0.3 is 14.8 Å². The largest absolute Gasteiger partial charge is 0.454 e. The highest BCUT2D eigenvalue weighted by Crippen LogP contribution is 2.37. The number of nitrogens with one attached hydrogen (secondary N) is 1. The summed E-state index contributed by atoms with van der Waals surface area (Å²) in [6, 6.07) is 6.39. The van der Waals surface area contributed by atoms with Crippen LogP contribution >= 0.6 is 0 Å². The van der Waals surface area contributed by atoms with Gasteiger partial charge in [-0.3, -0.25) is 4.90 Å². The predicted octanol–water partition coefficient (Wildman–Crippen LogP) is 2.52. The van der Waals surface area contributed by atoms with E-state index >= 15 is 0 Å². The van der Waals surface area contributed by atoms with Gasteiger partial charge in [0.25, 0.3) is 0 Å². The van der Waals surface area contributed by atoms with E-state index in [1.807, 2.05) is 6.07 Å². The normalized spacial score (nSPS) is 24.4. The lowest BCUT2D eigenvalue weighted by Crippen LogP contribution is -2.61. The van der Waals surface area contributed by atoms with Gasteiger partial charge in [-0.25, -0.2) is 0 Å².